The highest BCUT2D eigenvalue weighted by Crippen LogP contribution is 2.46. The van der Waals surface area contributed by atoms with Crippen LogP contribution in [0.3, 0.4) is 0 Å². The van der Waals surface area contributed by atoms with E-state index in [2.05, 4.69) is 181 Å². The molecule has 0 aliphatic carbocycles. The minimum Gasteiger partial charge on any atom is -0.309 e. The number of rotatable bonds is 5. The standard InChI is InChI=1S/C46H29NS2/c1-2-15-35-30(11-1)12-8-18-36(35)32-13-7-14-34(29-32)47(42-22-10-21-41-39-17-4-6-24-44(39)49-46(41)42)33-27-25-31(26-28-33)37-19-9-20-40-38-16-3-5-23-43(38)48-45(37)40/h1-29H. The predicted octanol–water partition coefficient (Wildman–Crippen LogP) is 14.4. The third kappa shape index (κ3) is 4.66. The maximum Gasteiger partial charge on any atom is 0.0640 e. The quantitative estimate of drug-likeness (QED) is 0.178. The van der Waals surface area contributed by atoms with Crippen LogP contribution in [-0.2, 0) is 0 Å². The monoisotopic (exact) mass is 659 g/mol. The fourth-order valence-corrected chi connectivity index (χ4v) is 9.83. The van der Waals surface area contributed by atoms with E-state index in [9.17, 15) is 0 Å². The maximum atomic E-state index is 2.44. The lowest BCUT2D eigenvalue weighted by molar-refractivity contribution is 1.30. The third-order valence-corrected chi connectivity index (χ3v) is 12.1. The Kier molecular flexibility index (Phi) is 6.61. The average molecular weight is 660 g/mol. The van der Waals surface area contributed by atoms with Crippen LogP contribution in [-0.4, -0.2) is 0 Å². The number of hydrogen-bond acceptors (Lipinski definition) is 3. The summed E-state index contributed by atoms with van der Waals surface area (Å²) in [5, 5.41) is 7.77. The van der Waals surface area contributed by atoms with Gasteiger partial charge < -0.3 is 4.90 Å². The highest BCUT2D eigenvalue weighted by Gasteiger charge is 2.19. The van der Waals surface area contributed by atoms with E-state index in [1.807, 2.05) is 22.7 Å². The van der Waals surface area contributed by atoms with Gasteiger partial charge in [-0.3, -0.25) is 0 Å². The Bertz CT molecular complexity index is 2830. The van der Waals surface area contributed by atoms with Gasteiger partial charge in [0.25, 0.3) is 0 Å². The molecule has 0 fully saturated rings. The molecule has 0 radical (unpaired) electrons. The number of thiophene rings is 2. The highest BCUT2D eigenvalue weighted by atomic mass is 32.1. The van der Waals surface area contributed by atoms with Crippen molar-refractivity contribution >= 4 is 90.9 Å². The van der Waals surface area contributed by atoms with Gasteiger partial charge >= 0.3 is 0 Å². The number of benzene rings is 8. The number of fused-ring (bicyclic) bond motifs is 7. The lowest BCUT2D eigenvalue weighted by Gasteiger charge is -2.27. The minimum atomic E-state index is 1.13. The summed E-state index contributed by atoms with van der Waals surface area (Å²) in [4.78, 5) is 2.44. The van der Waals surface area contributed by atoms with Gasteiger partial charge in [0.15, 0.2) is 0 Å². The van der Waals surface area contributed by atoms with Crippen molar-refractivity contribution in [3.63, 3.8) is 0 Å². The SMILES string of the molecule is c1cc(-c2cccc3ccccc23)cc(N(c2ccc(-c3cccc4c3sc3ccccc34)cc2)c2cccc3c2sc2ccccc23)c1. The lowest BCUT2D eigenvalue weighted by Crippen LogP contribution is -2.10. The van der Waals surface area contributed by atoms with E-state index < -0.39 is 0 Å². The van der Waals surface area contributed by atoms with Crippen molar-refractivity contribution < 1.29 is 0 Å². The van der Waals surface area contributed by atoms with Gasteiger partial charge in [0.05, 0.1) is 10.4 Å². The van der Waals surface area contributed by atoms with Crippen LogP contribution in [0.25, 0.3) is 73.4 Å². The van der Waals surface area contributed by atoms with Crippen molar-refractivity contribution in [2.24, 2.45) is 0 Å². The van der Waals surface area contributed by atoms with Crippen molar-refractivity contribution in [2.45, 2.75) is 0 Å². The molecule has 2 aromatic heterocycles. The van der Waals surface area contributed by atoms with Crippen LogP contribution < -0.4 is 4.90 Å². The molecule has 3 heteroatoms. The summed E-state index contributed by atoms with van der Waals surface area (Å²) < 4.78 is 5.26. The van der Waals surface area contributed by atoms with Gasteiger partial charge in [-0.15, -0.1) is 22.7 Å². The molecule has 230 valence electrons. The zero-order valence-corrected chi connectivity index (χ0v) is 28.1. The lowest BCUT2D eigenvalue weighted by atomic mass is 9.97. The zero-order chi connectivity index (χ0) is 32.3. The normalized spacial score (nSPS) is 11.7. The fourth-order valence-electron chi connectivity index (χ4n) is 7.39. The molecule has 0 bridgehead atoms. The van der Waals surface area contributed by atoms with Gasteiger partial charge in [-0.2, -0.15) is 0 Å². The van der Waals surface area contributed by atoms with E-state index in [0.29, 0.717) is 0 Å². The van der Waals surface area contributed by atoms with E-state index in [1.54, 1.807) is 0 Å². The predicted molar refractivity (Wildman–Crippen MR) is 215 cm³/mol. The molecule has 0 aliphatic heterocycles. The van der Waals surface area contributed by atoms with Crippen LogP contribution in [0.1, 0.15) is 0 Å². The molecule has 10 rings (SSSR count). The van der Waals surface area contributed by atoms with Gasteiger partial charge in [0.1, 0.15) is 0 Å². The summed E-state index contributed by atoms with van der Waals surface area (Å²) in [6, 6.07) is 64.4. The zero-order valence-electron chi connectivity index (χ0n) is 26.5. The second kappa shape index (κ2) is 11.5. The summed E-state index contributed by atoms with van der Waals surface area (Å²) in [6.45, 7) is 0. The number of nitrogens with zero attached hydrogens (tertiary/aromatic N) is 1. The summed E-state index contributed by atoms with van der Waals surface area (Å²) >= 11 is 3.75. The van der Waals surface area contributed by atoms with E-state index in [1.165, 1.54) is 79.1 Å². The van der Waals surface area contributed by atoms with E-state index in [-0.39, 0.29) is 0 Å². The molecule has 1 nitrogen and oxygen atoms in total. The molecule has 0 spiro atoms. The molecule has 10 aromatic rings. The van der Waals surface area contributed by atoms with E-state index in [4.69, 9.17) is 0 Å². The Hall–Kier alpha value is -5.74. The highest BCUT2D eigenvalue weighted by molar-refractivity contribution is 7.26. The van der Waals surface area contributed by atoms with Crippen molar-refractivity contribution in [1.82, 2.24) is 0 Å². The summed E-state index contributed by atoms with van der Waals surface area (Å²) in [5.41, 5.74) is 8.41. The Balaban J connectivity index is 1.16. The van der Waals surface area contributed by atoms with E-state index >= 15 is 0 Å². The molecular formula is C46H29NS2. The van der Waals surface area contributed by atoms with Gasteiger partial charge in [0.2, 0.25) is 0 Å². The molecule has 0 atom stereocenters. The first-order chi connectivity index (χ1) is 24.3. The molecule has 0 N–H and O–H groups in total. The molecule has 8 aromatic carbocycles. The number of anilines is 3. The minimum absolute atomic E-state index is 1.13. The van der Waals surface area contributed by atoms with Crippen molar-refractivity contribution in [3.8, 4) is 22.3 Å². The second-order valence-electron chi connectivity index (χ2n) is 12.5. The molecule has 0 amide bonds. The van der Waals surface area contributed by atoms with Crippen LogP contribution in [0, 0.1) is 0 Å². The Morgan fingerprint density at radius 2 is 0.918 bits per heavy atom. The average Bonchev–Trinajstić information content (AvgIpc) is 3.74. The first-order valence-electron chi connectivity index (χ1n) is 16.6. The first-order valence-corrected chi connectivity index (χ1v) is 18.2. The smallest absolute Gasteiger partial charge is 0.0640 e. The van der Waals surface area contributed by atoms with E-state index in [0.717, 1.165) is 11.4 Å². The molecule has 0 saturated heterocycles. The fraction of sp³-hybridized carbons (Fsp3) is 0. The van der Waals surface area contributed by atoms with Gasteiger partial charge in [-0.1, -0.05) is 133 Å². The number of hydrogen-bond donors (Lipinski definition) is 0. The molecule has 0 aliphatic rings. The van der Waals surface area contributed by atoms with Crippen molar-refractivity contribution in [3.05, 3.63) is 176 Å². The molecular weight excluding hydrogens is 631 g/mol. The molecule has 0 saturated carbocycles. The van der Waals surface area contributed by atoms with Crippen LogP contribution in [0.5, 0.6) is 0 Å². The summed E-state index contributed by atoms with van der Waals surface area (Å²) in [5.74, 6) is 0. The second-order valence-corrected chi connectivity index (χ2v) is 14.6. The van der Waals surface area contributed by atoms with Crippen molar-refractivity contribution in [1.29, 1.82) is 0 Å². The molecule has 0 unspecified atom stereocenters. The maximum absolute atomic E-state index is 2.44. The largest absolute Gasteiger partial charge is 0.309 e. The summed E-state index contributed by atoms with van der Waals surface area (Å²) in [7, 11) is 0. The van der Waals surface area contributed by atoms with Crippen LogP contribution in [0.4, 0.5) is 17.1 Å². The topological polar surface area (TPSA) is 3.24 Å². The first kappa shape index (κ1) is 28.3. The Labute approximate surface area is 292 Å². The Morgan fingerprint density at radius 3 is 1.71 bits per heavy atom. The van der Waals surface area contributed by atoms with Crippen LogP contribution in [0.15, 0.2) is 176 Å². The van der Waals surface area contributed by atoms with Gasteiger partial charge in [0, 0.05) is 47.0 Å². The summed E-state index contributed by atoms with van der Waals surface area (Å²) in [6.07, 6.45) is 0. The molecule has 49 heavy (non-hydrogen) atoms. The van der Waals surface area contributed by atoms with Gasteiger partial charge in [-0.05, 0) is 75.5 Å². The molecule has 2 heterocycles. The van der Waals surface area contributed by atoms with Crippen molar-refractivity contribution in [2.75, 3.05) is 4.90 Å². The van der Waals surface area contributed by atoms with Crippen LogP contribution in [0.2, 0.25) is 0 Å². The van der Waals surface area contributed by atoms with Gasteiger partial charge in [-0.25, -0.2) is 0 Å². The Morgan fingerprint density at radius 1 is 0.347 bits per heavy atom. The van der Waals surface area contributed by atoms with Crippen LogP contribution >= 0.6 is 22.7 Å². The third-order valence-electron chi connectivity index (χ3n) is 9.67.